The van der Waals surface area contributed by atoms with E-state index in [0.717, 1.165) is 12.0 Å². The molecular formula is C15H20N2O2. The summed E-state index contributed by atoms with van der Waals surface area (Å²) in [5.74, 6) is 0.977. The van der Waals surface area contributed by atoms with E-state index in [1.807, 2.05) is 44.2 Å². The minimum Gasteiger partial charge on any atom is -0.421 e. The smallest absolute Gasteiger partial charge is 0.247 e. The summed E-state index contributed by atoms with van der Waals surface area (Å²) in [4.78, 5) is 0. The summed E-state index contributed by atoms with van der Waals surface area (Å²) in [7, 11) is 0. The summed E-state index contributed by atoms with van der Waals surface area (Å²) in [6, 6.07) is 9.63. The van der Waals surface area contributed by atoms with Crippen molar-refractivity contribution in [3.8, 4) is 11.5 Å². The third-order valence-corrected chi connectivity index (χ3v) is 3.67. The minimum atomic E-state index is -0.485. The molecular weight excluding hydrogens is 240 g/mol. The third kappa shape index (κ3) is 3.20. The number of aliphatic hydroxyl groups is 1. The van der Waals surface area contributed by atoms with Crippen LogP contribution >= 0.6 is 0 Å². The summed E-state index contributed by atoms with van der Waals surface area (Å²) >= 11 is 0. The van der Waals surface area contributed by atoms with Crippen LogP contribution in [0.5, 0.6) is 0 Å². The van der Waals surface area contributed by atoms with Crippen LogP contribution in [0, 0.1) is 5.41 Å². The molecule has 0 saturated heterocycles. The van der Waals surface area contributed by atoms with Gasteiger partial charge in [-0.3, -0.25) is 0 Å². The zero-order chi connectivity index (χ0) is 13.9. The summed E-state index contributed by atoms with van der Waals surface area (Å²) in [6.45, 7) is 6.13. The summed E-state index contributed by atoms with van der Waals surface area (Å²) in [5.41, 5.74) is 0.743. The van der Waals surface area contributed by atoms with Gasteiger partial charge in [0.2, 0.25) is 11.8 Å². The van der Waals surface area contributed by atoms with Crippen LogP contribution in [0.25, 0.3) is 11.5 Å². The fraction of sp³-hybridized carbons (Fsp3) is 0.467. The van der Waals surface area contributed by atoms with Crippen molar-refractivity contribution >= 4 is 0 Å². The zero-order valence-electron chi connectivity index (χ0n) is 11.6. The topological polar surface area (TPSA) is 59.2 Å². The second-order valence-electron chi connectivity index (χ2n) is 5.43. The van der Waals surface area contributed by atoms with Crippen LogP contribution in [-0.4, -0.2) is 21.4 Å². The highest BCUT2D eigenvalue weighted by Gasteiger charge is 2.27. The largest absolute Gasteiger partial charge is 0.421 e. The van der Waals surface area contributed by atoms with Gasteiger partial charge in [0.15, 0.2) is 0 Å². The van der Waals surface area contributed by atoms with Crippen molar-refractivity contribution in [3.05, 3.63) is 36.2 Å². The highest BCUT2D eigenvalue weighted by molar-refractivity contribution is 5.51. The van der Waals surface area contributed by atoms with E-state index in [4.69, 9.17) is 4.42 Å². The van der Waals surface area contributed by atoms with Crippen LogP contribution in [0.1, 0.15) is 33.1 Å². The van der Waals surface area contributed by atoms with Crippen molar-refractivity contribution < 1.29 is 9.52 Å². The minimum absolute atomic E-state index is 0.151. The Morgan fingerprint density at radius 2 is 1.89 bits per heavy atom. The molecule has 4 heteroatoms. The van der Waals surface area contributed by atoms with Crippen LogP contribution in [0.4, 0.5) is 0 Å². The number of hydrogen-bond donors (Lipinski definition) is 1. The molecule has 0 saturated carbocycles. The van der Waals surface area contributed by atoms with E-state index in [1.165, 1.54) is 0 Å². The van der Waals surface area contributed by atoms with Gasteiger partial charge >= 0.3 is 0 Å². The van der Waals surface area contributed by atoms with Gasteiger partial charge in [-0.2, -0.15) is 0 Å². The van der Waals surface area contributed by atoms with Gasteiger partial charge in [-0.1, -0.05) is 39.0 Å². The van der Waals surface area contributed by atoms with Crippen molar-refractivity contribution in [3.63, 3.8) is 0 Å². The molecule has 102 valence electrons. The van der Waals surface area contributed by atoms with Crippen molar-refractivity contribution in [2.75, 3.05) is 0 Å². The van der Waals surface area contributed by atoms with E-state index < -0.39 is 6.10 Å². The molecule has 0 spiro atoms. The molecule has 0 bridgehead atoms. The third-order valence-electron chi connectivity index (χ3n) is 3.67. The highest BCUT2D eigenvalue weighted by Crippen LogP contribution is 2.27. The van der Waals surface area contributed by atoms with E-state index in [2.05, 4.69) is 17.1 Å². The maximum atomic E-state index is 10.2. The molecule has 0 aliphatic rings. The maximum absolute atomic E-state index is 10.2. The number of rotatable bonds is 5. The Balaban J connectivity index is 2.10. The zero-order valence-corrected chi connectivity index (χ0v) is 11.6. The van der Waals surface area contributed by atoms with Gasteiger partial charge < -0.3 is 9.52 Å². The van der Waals surface area contributed by atoms with Crippen LogP contribution in [0.3, 0.4) is 0 Å². The Morgan fingerprint density at radius 1 is 1.21 bits per heavy atom. The first-order valence-electron chi connectivity index (χ1n) is 6.59. The average molecular weight is 260 g/mol. The fourth-order valence-corrected chi connectivity index (χ4v) is 1.71. The Labute approximate surface area is 113 Å². The van der Waals surface area contributed by atoms with E-state index >= 15 is 0 Å². The van der Waals surface area contributed by atoms with Crippen molar-refractivity contribution in [2.24, 2.45) is 5.41 Å². The van der Waals surface area contributed by atoms with Crippen LogP contribution in [0.15, 0.2) is 34.7 Å². The van der Waals surface area contributed by atoms with Crippen LogP contribution in [0.2, 0.25) is 0 Å². The molecule has 0 amide bonds. The Kier molecular flexibility index (Phi) is 4.00. The number of aromatic nitrogens is 2. The maximum Gasteiger partial charge on any atom is 0.247 e. The van der Waals surface area contributed by atoms with E-state index in [1.54, 1.807) is 0 Å². The SMILES string of the molecule is CCC(C)(C)C(O)Cc1nnc(-c2ccccc2)o1. The summed E-state index contributed by atoms with van der Waals surface area (Å²) < 4.78 is 5.60. The molecule has 1 aromatic heterocycles. The molecule has 1 N–H and O–H groups in total. The molecule has 0 radical (unpaired) electrons. The molecule has 1 heterocycles. The lowest BCUT2D eigenvalue weighted by molar-refractivity contribution is 0.0429. The normalized spacial score (nSPS) is 13.5. The molecule has 19 heavy (non-hydrogen) atoms. The van der Waals surface area contributed by atoms with Gasteiger partial charge in [-0.15, -0.1) is 10.2 Å². The van der Waals surface area contributed by atoms with Crippen molar-refractivity contribution in [1.29, 1.82) is 0 Å². The summed E-state index contributed by atoms with van der Waals surface area (Å²) in [5, 5.41) is 18.2. The Bertz CT molecular complexity index is 520. The van der Waals surface area contributed by atoms with E-state index in [9.17, 15) is 5.11 Å². The standard InChI is InChI=1S/C15H20N2O2/c1-4-15(2,3)12(18)10-13-16-17-14(19-13)11-8-6-5-7-9-11/h5-9,12,18H,4,10H2,1-3H3. The van der Waals surface area contributed by atoms with Crippen molar-refractivity contribution in [2.45, 2.75) is 39.7 Å². The Hall–Kier alpha value is -1.68. The van der Waals surface area contributed by atoms with E-state index in [0.29, 0.717) is 18.2 Å². The summed E-state index contributed by atoms with van der Waals surface area (Å²) in [6.07, 6.45) is 0.802. The molecule has 2 aromatic rings. The van der Waals surface area contributed by atoms with Crippen LogP contribution in [-0.2, 0) is 6.42 Å². The second kappa shape index (κ2) is 5.53. The predicted octanol–water partition coefficient (Wildman–Crippen LogP) is 3.08. The highest BCUT2D eigenvalue weighted by atomic mass is 16.4. The molecule has 1 atom stereocenters. The van der Waals surface area contributed by atoms with E-state index in [-0.39, 0.29) is 5.41 Å². The molecule has 0 aliphatic carbocycles. The lowest BCUT2D eigenvalue weighted by Gasteiger charge is -2.28. The Morgan fingerprint density at radius 3 is 2.53 bits per heavy atom. The van der Waals surface area contributed by atoms with Gasteiger partial charge in [0, 0.05) is 5.56 Å². The average Bonchev–Trinajstić information content (AvgIpc) is 2.88. The lowest BCUT2D eigenvalue weighted by atomic mass is 9.82. The molecule has 1 aromatic carbocycles. The first kappa shape index (κ1) is 13.7. The second-order valence-corrected chi connectivity index (χ2v) is 5.43. The molecule has 0 fully saturated rings. The predicted molar refractivity (Wildman–Crippen MR) is 73.5 cm³/mol. The van der Waals surface area contributed by atoms with Gasteiger partial charge in [0.05, 0.1) is 12.5 Å². The number of hydrogen-bond acceptors (Lipinski definition) is 4. The monoisotopic (exact) mass is 260 g/mol. The first-order chi connectivity index (χ1) is 9.03. The number of aliphatic hydroxyl groups excluding tert-OH is 1. The van der Waals surface area contributed by atoms with Gasteiger partial charge in [-0.05, 0) is 24.0 Å². The number of nitrogens with zero attached hydrogens (tertiary/aromatic N) is 2. The van der Waals surface area contributed by atoms with Gasteiger partial charge in [-0.25, -0.2) is 0 Å². The molecule has 0 aliphatic heterocycles. The first-order valence-corrected chi connectivity index (χ1v) is 6.59. The fourth-order valence-electron chi connectivity index (χ4n) is 1.71. The molecule has 4 nitrogen and oxygen atoms in total. The van der Waals surface area contributed by atoms with Crippen LogP contribution < -0.4 is 0 Å². The quantitative estimate of drug-likeness (QED) is 0.897. The lowest BCUT2D eigenvalue weighted by Crippen LogP contribution is -2.30. The molecule has 2 rings (SSSR count). The number of benzene rings is 1. The van der Waals surface area contributed by atoms with Crippen molar-refractivity contribution in [1.82, 2.24) is 10.2 Å². The molecule has 1 unspecified atom stereocenters. The van der Waals surface area contributed by atoms with Gasteiger partial charge in [0.1, 0.15) is 0 Å². The van der Waals surface area contributed by atoms with Gasteiger partial charge in [0.25, 0.3) is 0 Å².